The van der Waals surface area contributed by atoms with Crippen molar-refractivity contribution in [3.05, 3.63) is 17.9 Å². The van der Waals surface area contributed by atoms with Crippen LogP contribution >= 0.6 is 0 Å². The number of allylic oxidation sites excluding steroid dienone is 1. The highest BCUT2D eigenvalue weighted by atomic mass is 16.3. The van der Waals surface area contributed by atoms with E-state index in [-0.39, 0.29) is 19.8 Å². The molecule has 0 atom stereocenters. The zero-order valence-corrected chi connectivity index (χ0v) is 10.3. The van der Waals surface area contributed by atoms with Crippen LogP contribution in [-0.4, -0.2) is 30.0 Å². The van der Waals surface area contributed by atoms with E-state index in [0.717, 1.165) is 24.8 Å². The Morgan fingerprint density at radius 1 is 1.20 bits per heavy atom. The van der Waals surface area contributed by atoms with E-state index in [1.807, 2.05) is 13.8 Å². The summed E-state index contributed by atoms with van der Waals surface area (Å²) in [6.45, 7) is 9.28. The molecule has 3 nitrogen and oxygen atoms in total. The van der Waals surface area contributed by atoms with E-state index in [4.69, 9.17) is 10.2 Å². The van der Waals surface area contributed by atoms with Crippen LogP contribution in [0.1, 0.15) is 40.0 Å². The molecule has 0 saturated heterocycles. The SMILES string of the molecule is C=C=C(C)C.CCCCC[O].OCCO. The molecule has 0 aliphatic carbocycles. The van der Waals surface area contributed by atoms with Crippen molar-refractivity contribution in [1.82, 2.24) is 0 Å². The second kappa shape index (κ2) is 23.3. The molecule has 3 heteroatoms. The summed E-state index contributed by atoms with van der Waals surface area (Å²) in [4.78, 5) is 0. The maximum atomic E-state index is 9.69. The van der Waals surface area contributed by atoms with E-state index in [0.29, 0.717) is 0 Å². The van der Waals surface area contributed by atoms with Crippen LogP contribution < -0.4 is 0 Å². The average molecular weight is 217 g/mol. The molecule has 0 aromatic carbocycles. The first-order chi connectivity index (χ1) is 7.10. The summed E-state index contributed by atoms with van der Waals surface area (Å²) in [5.74, 6) is 0. The molecule has 15 heavy (non-hydrogen) atoms. The Bertz CT molecular complexity index is 128. The Labute approximate surface area is 93.8 Å². The number of rotatable bonds is 4. The molecule has 0 saturated carbocycles. The predicted octanol–water partition coefficient (Wildman–Crippen LogP) is 2.32. The minimum atomic E-state index is -0.125. The van der Waals surface area contributed by atoms with E-state index in [1.165, 1.54) is 0 Å². The minimum Gasteiger partial charge on any atom is -0.394 e. The third-order valence-corrected chi connectivity index (χ3v) is 1.20. The number of unbranched alkanes of at least 4 members (excludes halogenated alkanes) is 2. The number of hydrogen-bond acceptors (Lipinski definition) is 2. The lowest BCUT2D eigenvalue weighted by atomic mass is 10.3. The van der Waals surface area contributed by atoms with Crippen molar-refractivity contribution >= 4 is 0 Å². The van der Waals surface area contributed by atoms with Crippen molar-refractivity contribution < 1.29 is 15.3 Å². The van der Waals surface area contributed by atoms with Gasteiger partial charge >= 0.3 is 0 Å². The van der Waals surface area contributed by atoms with E-state index in [1.54, 1.807) is 0 Å². The zero-order chi connectivity index (χ0) is 12.5. The maximum Gasteiger partial charge on any atom is 0.0822 e. The second-order valence-electron chi connectivity index (χ2n) is 3.04. The highest BCUT2D eigenvalue weighted by molar-refractivity contribution is 4.87. The molecule has 0 unspecified atom stereocenters. The predicted molar refractivity (Wildman–Crippen MR) is 63.3 cm³/mol. The topological polar surface area (TPSA) is 60.4 Å². The molecule has 0 aliphatic heterocycles. The summed E-state index contributed by atoms with van der Waals surface area (Å²) >= 11 is 0. The minimum absolute atomic E-state index is 0.105. The largest absolute Gasteiger partial charge is 0.394 e. The lowest BCUT2D eigenvalue weighted by Gasteiger charge is -1.84. The van der Waals surface area contributed by atoms with Gasteiger partial charge in [0.1, 0.15) is 0 Å². The molecule has 0 aliphatic rings. The summed E-state index contributed by atoms with van der Waals surface area (Å²) in [6.07, 6.45) is 3.11. The highest BCUT2D eigenvalue weighted by Crippen LogP contribution is 1.89. The molecule has 0 aromatic rings. The smallest absolute Gasteiger partial charge is 0.0822 e. The van der Waals surface area contributed by atoms with Gasteiger partial charge in [0.2, 0.25) is 0 Å². The second-order valence-corrected chi connectivity index (χ2v) is 3.04. The molecule has 0 heterocycles. The van der Waals surface area contributed by atoms with Crippen LogP contribution in [0.5, 0.6) is 0 Å². The lowest BCUT2D eigenvalue weighted by molar-refractivity contribution is 0.186. The standard InChI is InChI=1S/C5H11O.C5H8.C2H6O2/c1-2-3-4-5-6;1-4-5(2)3;3-1-2-4/h2-5H2,1H3;1H2,2-3H3;3-4H,1-2H2. The van der Waals surface area contributed by atoms with Crippen molar-refractivity contribution in [3.8, 4) is 0 Å². The first-order valence-electron chi connectivity index (χ1n) is 5.23. The lowest BCUT2D eigenvalue weighted by Crippen LogP contribution is -1.85. The molecular formula is C12H25O3. The Balaban J connectivity index is -0.000000147. The van der Waals surface area contributed by atoms with E-state index >= 15 is 0 Å². The number of aliphatic hydroxyl groups excluding tert-OH is 2. The van der Waals surface area contributed by atoms with Crippen molar-refractivity contribution in [2.45, 2.75) is 40.0 Å². The quantitative estimate of drug-likeness (QED) is 0.561. The molecule has 0 aromatic heterocycles. The van der Waals surface area contributed by atoms with Gasteiger partial charge in [-0.25, -0.2) is 5.11 Å². The normalized spacial score (nSPS) is 7.60. The van der Waals surface area contributed by atoms with Gasteiger partial charge in [0.15, 0.2) is 0 Å². The molecule has 0 rings (SSSR count). The first-order valence-corrected chi connectivity index (χ1v) is 5.23. The fraction of sp³-hybridized carbons (Fsp3) is 0.750. The summed E-state index contributed by atoms with van der Waals surface area (Å²) in [5.41, 5.74) is 3.84. The van der Waals surface area contributed by atoms with Gasteiger partial charge in [0.25, 0.3) is 0 Å². The molecule has 2 N–H and O–H groups in total. The van der Waals surface area contributed by atoms with Gasteiger partial charge < -0.3 is 10.2 Å². The third kappa shape index (κ3) is 59.7. The van der Waals surface area contributed by atoms with Crippen LogP contribution in [0.25, 0.3) is 0 Å². The molecule has 0 spiro atoms. The van der Waals surface area contributed by atoms with Gasteiger partial charge in [0, 0.05) is 0 Å². The molecule has 1 radical (unpaired) electrons. The van der Waals surface area contributed by atoms with E-state index < -0.39 is 0 Å². The Kier molecular flexibility index (Phi) is 30.9. The molecular weight excluding hydrogens is 192 g/mol. The fourth-order valence-electron chi connectivity index (χ4n) is 0.352. The Morgan fingerprint density at radius 3 is 1.67 bits per heavy atom. The van der Waals surface area contributed by atoms with Crippen molar-refractivity contribution in [2.24, 2.45) is 0 Å². The highest BCUT2D eigenvalue weighted by Gasteiger charge is 1.77. The Hall–Kier alpha value is -0.600. The van der Waals surface area contributed by atoms with E-state index in [9.17, 15) is 5.11 Å². The van der Waals surface area contributed by atoms with Gasteiger partial charge in [-0.1, -0.05) is 26.3 Å². The summed E-state index contributed by atoms with van der Waals surface area (Å²) in [6, 6.07) is 0. The van der Waals surface area contributed by atoms with Gasteiger partial charge in [-0.15, -0.1) is 5.73 Å². The maximum absolute atomic E-state index is 9.69. The first kappa shape index (κ1) is 19.9. The van der Waals surface area contributed by atoms with Gasteiger partial charge in [0.05, 0.1) is 19.8 Å². The van der Waals surface area contributed by atoms with Crippen molar-refractivity contribution in [1.29, 1.82) is 0 Å². The molecule has 0 fully saturated rings. The fourth-order valence-corrected chi connectivity index (χ4v) is 0.352. The van der Waals surface area contributed by atoms with Crippen LogP contribution in [0.15, 0.2) is 17.9 Å². The van der Waals surface area contributed by atoms with Crippen LogP contribution in [0, 0.1) is 0 Å². The Morgan fingerprint density at radius 2 is 1.60 bits per heavy atom. The molecule has 0 amide bonds. The summed E-state index contributed by atoms with van der Waals surface area (Å²) < 4.78 is 0. The summed E-state index contributed by atoms with van der Waals surface area (Å²) in [5, 5.41) is 24.9. The number of aliphatic hydroxyl groups is 2. The molecule has 0 bridgehead atoms. The monoisotopic (exact) mass is 217 g/mol. The van der Waals surface area contributed by atoms with Crippen LogP contribution in [0.4, 0.5) is 0 Å². The van der Waals surface area contributed by atoms with Gasteiger partial charge in [-0.2, -0.15) is 0 Å². The van der Waals surface area contributed by atoms with Crippen LogP contribution in [-0.2, 0) is 5.11 Å². The zero-order valence-electron chi connectivity index (χ0n) is 10.3. The van der Waals surface area contributed by atoms with E-state index in [2.05, 4.69) is 19.2 Å². The number of hydrogen-bond donors (Lipinski definition) is 2. The van der Waals surface area contributed by atoms with Crippen molar-refractivity contribution in [2.75, 3.05) is 19.8 Å². The molecule has 91 valence electrons. The van der Waals surface area contributed by atoms with Crippen LogP contribution in [0.2, 0.25) is 0 Å². The van der Waals surface area contributed by atoms with Crippen LogP contribution in [0.3, 0.4) is 0 Å². The van der Waals surface area contributed by atoms with Gasteiger partial charge in [-0.3, -0.25) is 0 Å². The summed E-state index contributed by atoms with van der Waals surface area (Å²) in [7, 11) is 0. The van der Waals surface area contributed by atoms with Crippen molar-refractivity contribution in [3.63, 3.8) is 0 Å². The average Bonchev–Trinajstić information content (AvgIpc) is 2.27. The third-order valence-electron chi connectivity index (χ3n) is 1.20. The van der Waals surface area contributed by atoms with Gasteiger partial charge in [-0.05, 0) is 25.8 Å².